The van der Waals surface area contributed by atoms with Gasteiger partial charge in [-0.25, -0.2) is 0 Å². The molecule has 2 nitrogen and oxygen atoms in total. The molecule has 1 rings (SSSR count). The molecular formula is C13H22NOSi. The third kappa shape index (κ3) is 3.35. The predicted molar refractivity (Wildman–Crippen MR) is 72.1 cm³/mol. The van der Waals surface area contributed by atoms with Crippen molar-refractivity contribution in [1.29, 1.82) is 0 Å². The van der Waals surface area contributed by atoms with Gasteiger partial charge in [0.15, 0.2) is 0 Å². The highest BCUT2D eigenvalue weighted by molar-refractivity contribution is 6.48. The molecule has 0 aliphatic heterocycles. The first-order chi connectivity index (χ1) is 7.32. The van der Waals surface area contributed by atoms with E-state index in [0.29, 0.717) is 0 Å². The fourth-order valence-corrected chi connectivity index (χ4v) is 2.35. The summed E-state index contributed by atoms with van der Waals surface area (Å²) in [5.41, 5.74) is 2.63. The number of hydroxylamine groups is 1. The largest absolute Gasteiger partial charge is 0.321 e. The Morgan fingerprint density at radius 2 is 1.69 bits per heavy atom. The van der Waals surface area contributed by atoms with Gasteiger partial charge in [-0.15, -0.1) is 0 Å². The van der Waals surface area contributed by atoms with Crippen molar-refractivity contribution in [3.63, 3.8) is 0 Å². The summed E-state index contributed by atoms with van der Waals surface area (Å²) in [5, 5.41) is 1.91. The summed E-state index contributed by atoms with van der Waals surface area (Å²) in [6.07, 6.45) is 0. The van der Waals surface area contributed by atoms with Crippen molar-refractivity contribution < 1.29 is 4.53 Å². The van der Waals surface area contributed by atoms with Crippen LogP contribution in [0.4, 0.5) is 5.69 Å². The van der Waals surface area contributed by atoms with E-state index in [1.54, 1.807) is 0 Å². The van der Waals surface area contributed by atoms with Crippen molar-refractivity contribution in [3.05, 3.63) is 29.8 Å². The van der Waals surface area contributed by atoms with Gasteiger partial charge in [0.1, 0.15) is 0 Å². The number of para-hydroxylation sites is 1. The van der Waals surface area contributed by atoms with E-state index in [4.69, 9.17) is 4.53 Å². The SMILES string of the molecule is CN(O[Si](C)C)c1ccccc1C(C)(C)C. The Morgan fingerprint density at radius 3 is 2.19 bits per heavy atom. The van der Waals surface area contributed by atoms with E-state index in [2.05, 4.69) is 58.1 Å². The first-order valence-electron chi connectivity index (χ1n) is 5.63. The van der Waals surface area contributed by atoms with Crippen LogP contribution >= 0.6 is 0 Å². The second-order valence-corrected chi connectivity index (χ2v) is 7.26. The third-order valence-electron chi connectivity index (χ3n) is 2.37. The van der Waals surface area contributed by atoms with E-state index in [1.165, 1.54) is 11.3 Å². The van der Waals surface area contributed by atoms with E-state index in [1.807, 2.05) is 12.1 Å². The molecule has 1 aromatic rings. The van der Waals surface area contributed by atoms with E-state index < -0.39 is 9.04 Å². The fraction of sp³-hybridized carbons (Fsp3) is 0.538. The predicted octanol–water partition coefficient (Wildman–Crippen LogP) is 3.60. The quantitative estimate of drug-likeness (QED) is 0.587. The summed E-state index contributed by atoms with van der Waals surface area (Å²) in [7, 11) is 1.27. The van der Waals surface area contributed by atoms with Crippen LogP contribution in [0.25, 0.3) is 0 Å². The summed E-state index contributed by atoms with van der Waals surface area (Å²) in [6.45, 7) is 11.0. The maximum atomic E-state index is 5.81. The monoisotopic (exact) mass is 236 g/mol. The Morgan fingerprint density at radius 1 is 1.12 bits per heavy atom. The lowest BCUT2D eigenvalue weighted by molar-refractivity contribution is 0.309. The minimum absolute atomic E-state index is 0.141. The number of anilines is 1. The third-order valence-corrected chi connectivity index (χ3v) is 3.01. The highest BCUT2D eigenvalue weighted by Crippen LogP contribution is 2.31. The first kappa shape index (κ1) is 13.3. The lowest BCUT2D eigenvalue weighted by Crippen LogP contribution is -2.27. The van der Waals surface area contributed by atoms with Crippen LogP contribution in [0.5, 0.6) is 0 Å². The Bertz CT molecular complexity index is 344. The van der Waals surface area contributed by atoms with Crippen LogP contribution < -0.4 is 5.06 Å². The van der Waals surface area contributed by atoms with Crippen LogP contribution in [0.1, 0.15) is 26.3 Å². The number of benzene rings is 1. The molecule has 0 fully saturated rings. The number of rotatable bonds is 3. The van der Waals surface area contributed by atoms with Gasteiger partial charge in [0, 0.05) is 7.05 Å². The smallest absolute Gasteiger partial charge is 0.244 e. The first-order valence-corrected chi connectivity index (χ1v) is 8.04. The molecule has 3 heteroatoms. The molecule has 0 aliphatic carbocycles. The molecule has 0 saturated heterocycles. The zero-order chi connectivity index (χ0) is 12.3. The Balaban J connectivity index is 3.04. The van der Waals surface area contributed by atoms with Gasteiger partial charge >= 0.3 is 0 Å². The highest BCUT2D eigenvalue weighted by atomic mass is 28.3. The second-order valence-electron chi connectivity index (χ2n) is 5.26. The van der Waals surface area contributed by atoms with Gasteiger partial charge in [-0.3, -0.25) is 5.06 Å². The number of hydrogen-bond donors (Lipinski definition) is 0. The van der Waals surface area contributed by atoms with Gasteiger partial charge < -0.3 is 4.53 Å². The molecule has 1 aromatic carbocycles. The van der Waals surface area contributed by atoms with Crippen LogP contribution in [0.2, 0.25) is 13.1 Å². The van der Waals surface area contributed by atoms with E-state index in [0.717, 1.165) is 0 Å². The lowest BCUT2D eigenvalue weighted by atomic mass is 9.86. The molecule has 89 valence electrons. The standard InChI is InChI=1S/C13H22NOSi/c1-13(2,3)11-9-7-8-10-12(11)14(4)15-16(5)6/h7-10H,1-6H3. The van der Waals surface area contributed by atoms with Crippen molar-refractivity contribution in [3.8, 4) is 0 Å². The molecule has 0 spiro atoms. The highest BCUT2D eigenvalue weighted by Gasteiger charge is 2.20. The average molecular weight is 236 g/mol. The minimum Gasteiger partial charge on any atom is -0.321 e. The normalized spacial score (nSPS) is 11.9. The van der Waals surface area contributed by atoms with Gasteiger partial charge in [0.25, 0.3) is 0 Å². The minimum atomic E-state index is -0.716. The maximum absolute atomic E-state index is 5.81. The van der Waals surface area contributed by atoms with Gasteiger partial charge in [0.2, 0.25) is 9.04 Å². The van der Waals surface area contributed by atoms with Crippen LogP contribution in [0.15, 0.2) is 24.3 Å². The molecule has 0 saturated carbocycles. The molecule has 0 unspecified atom stereocenters. The van der Waals surface area contributed by atoms with Gasteiger partial charge in [-0.05, 0) is 30.1 Å². The Hall–Kier alpha value is -0.803. The molecule has 0 amide bonds. The molecule has 0 atom stereocenters. The van der Waals surface area contributed by atoms with Gasteiger partial charge in [-0.2, -0.15) is 0 Å². The van der Waals surface area contributed by atoms with Crippen LogP contribution in [-0.4, -0.2) is 16.1 Å². The van der Waals surface area contributed by atoms with E-state index in [9.17, 15) is 0 Å². The van der Waals surface area contributed by atoms with Crippen LogP contribution in [0, 0.1) is 0 Å². The van der Waals surface area contributed by atoms with Crippen LogP contribution in [-0.2, 0) is 9.94 Å². The van der Waals surface area contributed by atoms with Crippen molar-refractivity contribution in [2.45, 2.75) is 39.3 Å². The maximum Gasteiger partial charge on any atom is 0.244 e. The van der Waals surface area contributed by atoms with Crippen molar-refractivity contribution >= 4 is 14.7 Å². The topological polar surface area (TPSA) is 12.5 Å². The summed E-state index contributed by atoms with van der Waals surface area (Å²) in [6, 6.07) is 8.43. The van der Waals surface area contributed by atoms with Crippen molar-refractivity contribution in [2.24, 2.45) is 0 Å². The van der Waals surface area contributed by atoms with Crippen molar-refractivity contribution in [2.75, 3.05) is 12.1 Å². The van der Waals surface area contributed by atoms with Gasteiger partial charge in [-0.1, -0.05) is 39.0 Å². The molecular weight excluding hydrogens is 214 g/mol. The number of hydrogen-bond acceptors (Lipinski definition) is 2. The Labute approximate surface area is 101 Å². The average Bonchev–Trinajstić information content (AvgIpc) is 2.15. The summed E-state index contributed by atoms with van der Waals surface area (Å²) in [4.78, 5) is 0. The van der Waals surface area contributed by atoms with Crippen LogP contribution in [0.3, 0.4) is 0 Å². The summed E-state index contributed by atoms with van der Waals surface area (Å²) >= 11 is 0. The van der Waals surface area contributed by atoms with E-state index >= 15 is 0 Å². The van der Waals surface area contributed by atoms with Crippen molar-refractivity contribution in [1.82, 2.24) is 0 Å². The molecule has 0 bridgehead atoms. The molecule has 0 N–H and O–H groups in total. The lowest BCUT2D eigenvalue weighted by Gasteiger charge is -2.29. The second kappa shape index (κ2) is 5.02. The zero-order valence-corrected chi connectivity index (χ0v) is 12.2. The zero-order valence-electron chi connectivity index (χ0n) is 11.2. The molecule has 0 aromatic heterocycles. The van der Waals surface area contributed by atoms with E-state index in [-0.39, 0.29) is 5.41 Å². The van der Waals surface area contributed by atoms with Gasteiger partial charge in [0.05, 0.1) is 5.69 Å². The fourth-order valence-electron chi connectivity index (χ4n) is 1.71. The Kier molecular flexibility index (Phi) is 4.16. The summed E-state index contributed by atoms with van der Waals surface area (Å²) < 4.78 is 5.81. The molecule has 0 heterocycles. The summed E-state index contributed by atoms with van der Waals surface area (Å²) in [5.74, 6) is 0. The molecule has 16 heavy (non-hydrogen) atoms. The molecule has 0 aliphatic rings. The molecule has 1 radical (unpaired) electrons. The number of nitrogens with zero attached hydrogens (tertiary/aromatic N) is 1.